The lowest BCUT2D eigenvalue weighted by molar-refractivity contribution is 0.194. The van der Waals surface area contributed by atoms with E-state index in [0.29, 0.717) is 24.0 Å². The molecule has 0 amide bonds. The molecule has 3 heterocycles. The summed E-state index contributed by atoms with van der Waals surface area (Å²) < 4.78 is 11.3. The molecule has 1 saturated heterocycles. The average molecular weight is 379 g/mol. The molecule has 0 bridgehead atoms. The third kappa shape index (κ3) is 4.40. The molecule has 6 nitrogen and oxygen atoms in total. The Morgan fingerprint density at radius 1 is 1.11 bits per heavy atom. The Bertz CT molecular complexity index is 979. The lowest BCUT2D eigenvalue weighted by atomic mass is 10.1. The second-order valence-corrected chi connectivity index (χ2v) is 7.26. The van der Waals surface area contributed by atoms with Gasteiger partial charge < -0.3 is 19.8 Å². The van der Waals surface area contributed by atoms with Gasteiger partial charge in [0.2, 0.25) is 0 Å². The molecule has 3 aromatic rings. The first kappa shape index (κ1) is 18.7. The first-order valence-electron chi connectivity index (χ1n) is 9.78. The molecule has 0 aliphatic carbocycles. The van der Waals surface area contributed by atoms with Gasteiger partial charge in [-0.3, -0.25) is 4.98 Å². The Kier molecular flexibility index (Phi) is 5.69. The maximum atomic E-state index is 12.0. The summed E-state index contributed by atoms with van der Waals surface area (Å²) in [5.41, 5.74) is 8.07. The SMILES string of the molecule is NC1CCN(CCCOc2cc(=O)oc3cc(-c4ccncc4)ccc23)CC1. The summed E-state index contributed by atoms with van der Waals surface area (Å²) in [6.45, 7) is 3.65. The van der Waals surface area contributed by atoms with Crippen LogP contribution in [0.15, 0.2) is 58.0 Å². The van der Waals surface area contributed by atoms with Crippen molar-refractivity contribution in [3.05, 3.63) is 59.2 Å². The molecule has 6 heteroatoms. The van der Waals surface area contributed by atoms with Gasteiger partial charge in [-0.1, -0.05) is 6.07 Å². The fourth-order valence-corrected chi connectivity index (χ4v) is 3.62. The molecule has 0 atom stereocenters. The van der Waals surface area contributed by atoms with Crippen molar-refractivity contribution >= 4 is 11.0 Å². The predicted molar refractivity (Wildman–Crippen MR) is 109 cm³/mol. The van der Waals surface area contributed by atoms with Gasteiger partial charge in [0.1, 0.15) is 11.3 Å². The van der Waals surface area contributed by atoms with Crippen LogP contribution in [-0.4, -0.2) is 42.2 Å². The quantitative estimate of drug-likeness (QED) is 0.524. The number of fused-ring (bicyclic) bond motifs is 1. The third-order valence-corrected chi connectivity index (χ3v) is 5.23. The Morgan fingerprint density at radius 2 is 1.89 bits per heavy atom. The molecule has 0 unspecified atom stereocenters. The number of nitrogens with two attached hydrogens (primary N) is 1. The lowest BCUT2D eigenvalue weighted by Gasteiger charge is -2.29. The van der Waals surface area contributed by atoms with Crippen LogP contribution in [0.25, 0.3) is 22.1 Å². The number of aromatic nitrogens is 1. The highest BCUT2D eigenvalue weighted by Crippen LogP contribution is 2.28. The number of likely N-dealkylation sites (tertiary alicyclic amines) is 1. The van der Waals surface area contributed by atoms with E-state index in [1.54, 1.807) is 12.4 Å². The van der Waals surface area contributed by atoms with Crippen LogP contribution < -0.4 is 16.1 Å². The molecule has 1 fully saturated rings. The van der Waals surface area contributed by atoms with Crippen LogP contribution in [0, 0.1) is 0 Å². The molecule has 28 heavy (non-hydrogen) atoms. The van der Waals surface area contributed by atoms with Crippen molar-refractivity contribution in [1.82, 2.24) is 9.88 Å². The Morgan fingerprint density at radius 3 is 2.68 bits per heavy atom. The maximum absolute atomic E-state index is 12.0. The van der Waals surface area contributed by atoms with Gasteiger partial charge >= 0.3 is 5.63 Å². The van der Waals surface area contributed by atoms with Crippen molar-refractivity contribution < 1.29 is 9.15 Å². The zero-order valence-electron chi connectivity index (χ0n) is 15.8. The van der Waals surface area contributed by atoms with E-state index in [-0.39, 0.29) is 0 Å². The summed E-state index contributed by atoms with van der Waals surface area (Å²) >= 11 is 0. The van der Waals surface area contributed by atoms with Crippen molar-refractivity contribution in [3.63, 3.8) is 0 Å². The normalized spacial score (nSPS) is 15.8. The zero-order valence-corrected chi connectivity index (χ0v) is 15.8. The molecular formula is C22H25N3O3. The molecule has 0 spiro atoms. The first-order chi connectivity index (χ1) is 13.7. The lowest BCUT2D eigenvalue weighted by Crippen LogP contribution is -2.40. The zero-order chi connectivity index (χ0) is 19.3. The number of rotatable bonds is 6. The van der Waals surface area contributed by atoms with Gasteiger partial charge in [0.05, 0.1) is 18.1 Å². The highest BCUT2D eigenvalue weighted by atomic mass is 16.5. The summed E-state index contributed by atoms with van der Waals surface area (Å²) in [6, 6.07) is 11.4. The second-order valence-electron chi connectivity index (χ2n) is 7.26. The van der Waals surface area contributed by atoms with Gasteiger partial charge in [-0.15, -0.1) is 0 Å². The number of pyridine rings is 1. The summed E-state index contributed by atoms with van der Waals surface area (Å²) in [4.78, 5) is 18.4. The van der Waals surface area contributed by atoms with E-state index < -0.39 is 5.63 Å². The summed E-state index contributed by atoms with van der Waals surface area (Å²) in [7, 11) is 0. The van der Waals surface area contributed by atoms with Gasteiger partial charge in [-0.05, 0) is 67.7 Å². The van der Waals surface area contributed by atoms with Crippen molar-refractivity contribution in [2.45, 2.75) is 25.3 Å². The standard InChI is InChI=1S/C22H25N3O3/c23-18-6-11-25(12-7-18)10-1-13-27-20-15-22(26)28-21-14-17(2-3-19(20)21)16-4-8-24-9-5-16/h2-5,8-9,14-15,18H,1,6-7,10-13,23H2. The summed E-state index contributed by atoms with van der Waals surface area (Å²) in [5, 5.41) is 0.807. The van der Waals surface area contributed by atoms with E-state index in [9.17, 15) is 4.79 Å². The van der Waals surface area contributed by atoms with E-state index in [1.807, 2.05) is 30.3 Å². The van der Waals surface area contributed by atoms with E-state index in [1.165, 1.54) is 6.07 Å². The van der Waals surface area contributed by atoms with E-state index in [4.69, 9.17) is 14.9 Å². The number of benzene rings is 1. The predicted octanol–water partition coefficient (Wildman–Crippen LogP) is 3.05. The number of ether oxygens (including phenoxy) is 1. The highest BCUT2D eigenvalue weighted by molar-refractivity contribution is 5.87. The number of nitrogens with zero attached hydrogens (tertiary/aromatic N) is 2. The van der Waals surface area contributed by atoms with Gasteiger partial charge in [-0.25, -0.2) is 4.79 Å². The van der Waals surface area contributed by atoms with Gasteiger partial charge in [0, 0.05) is 25.0 Å². The topological polar surface area (TPSA) is 81.6 Å². The minimum atomic E-state index is -0.403. The molecule has 1 aliphatic heterocycles. The van der Waals surface area contributed by atoms with Crippen molar-refractivity contribution in [2.24, 2.45) is 5.73 Å². The Hall–Kier alpha value is -2.70. The minimum Gasteiger partial charge on any atom is -0.492 e. The summed E-state index contributed by atoms with van der Waals surface area (Å²) in [5.74, 6) is 0.577. The van der Waals surface area contributed by atoms with Crippen LogP contribution >= 0.6 is 0 Å². The largest absolute Gasteiger partial charge is 0.492 e. The fraction of sp³-hybridized carbons (Fsp3) is 0.364. The second kappa shape index (κ2) is 8.54. The molecule has 2 N–H and O–H groups in total. The third-order valence-electron chi connectivity index (χ3n) is 5.23. The van der Waals surface area contributed by atoms with E-state index >= 15 is 0 Å². The van der Waals surface area contributed by atoms with Gasteiger partial charge in [0.25, 0.3) is 0 Å². The first-order valence-corrected chi connectivity index (χ1v) is 9.78. The number of hydrogen-bond acceptors (Lipinski definition) is 6. The van der Waals surface area contributed by atoms with Gasteiger partial charge in [-0.2, -0.15) is 0 Å². The summed E-state index contributed by atoms with van der Waals surface area (Å²) in [6.07, 6.45) is 6.51. The number of hydrogen-bond donors (Lipinski definition) is 1. The smallest absolute Gasteiger partial charge is 0.339 e. The molecule has 1 aliphatic rings. The molecule has 2 aromatic heterocycles. The highest BCUT2D eigenvalue weighted by Gasteiger charge is 2.15. The average Bonchev–Trinajstić information content (AvgIpc) is 2.72. The van der Waals surface area contributed by atoms with E-state index in [2.05, 4.69) is 9.88 Å². The van der Waals surface area contributed by atoms with Crippen LogP contribution in [0.3, 0.4) is 0 Å². The van der Waals surface area contributed by atoms with Crippen LogP contribution in [0.5, 0.6) is 5.75 Å². The molecule has 0 radical (unpaired) electrons. The minimum absolute atomic E-state index is 0.347. The fourth-order valence-electron chi connectivity index (χ4n) is 3.62. The van der Waals surface area contributed by atoms with Crippen molar-refractivity contribution in [3.8, 4) is 16.9 Å². The molecule has 0 saturated carbocycles. The number of piperidine rings is 1. The maximum Gasteiger partial charge on any atom is 0.339 e. The van der Waals surface area contributed by atoms with Gasteiger partial charge in [0.15, 0.2) is 0 Å². The van der Waals surface area contributed by atoms with Crippen LogP contribution in [0.4, 0.5) is 0 Å². The Labute approximate surface area is 163 Å². The monoisotopic (exact) mass is 379 g/mol. The van der Waals surface area contributed by atoms with E-state index in [0.717, 1.165) is 55.4 Å². The van der Waals surface area contributed by atoms with Crippen molar-refractivity contribution in [1.29, 1.82) is 0 Å². The van der Waals surface area contributed by atoms with Crippen LogP contribution in [0.2, 0.25) is 0 Å². The Balaban J connectivity index is 1.44. The van der Waals surface area contributed by atoms with Crippen LogP contribution in [-0.2, 0) is 0 Å². The molecule has 146 valence electrons. The van der Waals surface area contributed by atoms with Crippen LogP contribution in [0.1, 0.15) is 19.3 Å². The molecule has 1 aromatic carbocycles. The molecule has 4 rings (SSSR count). The molecular weight excluding hydrogens is 354 g/mol. The van der Waals surface area contributed by atoms with Crippen molar-refractivity contribution in [2.75, 3.05) is 26.2 Å².